The highest BCUT2D eigenvalue weighted by Crippen LogP contribution is 2.36. The summed E-state index contributed by atoms with van der Waals surface area (Å²) in [6.07, 6.45) is 0.740. The summed E-state index contributed by atoms with van der Waals surface area (Å²) in [6, 6.07) is 17.2. The number of para-hydroxylation sites is 1. The van der Waals surface area contributed by atoms with Gasteiger partial charge in [-0.15, -0.1) is 0 Å². The summed E-state index contributed by atoms with van der Waals surface area (Å²) >= 11 is 8.00. The minimum Gasteiger partial charge on any atom is -0.374 e. The first kappa shape index (κ1) is 25.4. The largest absolute Gasteiger partial charge is 0.374 e. The molecule has 0 aliphatic carbocycles. The van der Waals surface area contributed by atoms with E-state index in [9.17, 15) is 4.79 Å². The molecule has 184 valence electrons. The normalized spacial score (nSPS) is 15.1. The molecule has 0 spiro atoms. The zero-order chi connectivity index (χ0) is 24.8. The van der Waals surface area contributed by atoms with Crippen LogP contribution in [0.2, 0.25) is 5.02 Å². The van der Waals surface area contributed by atoms with E-state index in [1.807, 2.05) is 57.2 Å². The van der Waals surface area contributed by atoms with Crippen molar-refractivity contribution in [2.24, 2.45) is 0 Å². The van der Waals surface area contributed by atoms with E-state index in [0.717, 1.165) is 11.3 Å². The predicted molar refractivity (Wildman–Crippen MR) is 140 cm³/mol. The molecule has 0 saturated heterocycles. The third kappa shape index (κ3) is 5.78. The molecule has 7 nitrogen and oxygen atoms in total. The van der Waals surface area contributed by atoms with Gasteiger partial charge in [0.2, 0.25) is 0 Å². The summed E-state index contributed by atoms with van der Waals surface area (Å²) in [5.41, 5.74) is 2.60. The molecule has 35 heavy (non-hydrogen) atoms. The Hall–Kier alpha value is -2.65. The zero-order valence-corrected chi connectivity index (χ0v) is 21.6. The molecule has 0 N–H and O–H groups in total. The Bertz CT molecular complexity index is 1150. The van der Waals surface area contributed by atoms with Crippen LogP contribution in [0.1, 0.15) is 31.9 Å². The van der Waals surface area contributed by atoms with E-state index >= 15 is 0 Å². The quantitative estimate of drug-likeness (QED) is 0.239. The lowest BCUT2D eigenvalue weighted by Crippen LogP contribution is -2.57. The van der Waals surface area contributed by atoms with Gasteiger partial charge in [-0.05, 0) is 38.5 Å². The lowest BCUT2D eigenvalue weighted by Gasteiger charge is -2.41. The number of hydrogen-bond acceptors (Lipinski definition) is 6. The summed E-state index contributed by atoms with van der Waals surface area (Å²) in [4.78, 5) is 26.6. The van der Waals surface area contributed by atoms with Crippen LogP contribution in [0.4, 0.5) is 16.3 Å². The highest BCUT2D eigenvalue weighted by Gasteiger charge is 2.41. The van der Waals surface area contributed by atoms with Gasteiger partial charge in [0.1, 0.15) is 11.9 Å². The van der Waals surface area contributed by atoms with Crippen molar-refractivity contribution in [1.82, 2.24) is 9.97 Å². The van der Waals surface area contributed by atoms with Crippen molar-refractivity contribution in [2.75, 3.05) is 23.0 Å². The Morgan fingerprint density at radius 1 is 1.06 bits per heavy atom. The maximum Gasteiger partial charge on any atom is 0.332 e. The molecule has 1 aliphatic heterocycles. The zero-order valence-electron chi connectivity index (χ0n) is 20.1. The van der Waals surface area contributed by atoms with E-state index in [1.165, 1.54) is 17.3 Å². The van der Waals surface area contributed by atoms with Gasteiger partial charge in [0.05, 0.1) is 17.3 Å². The van der Waals surface area contributed by atoms with Crippen molar-refractivity contribution < 1.29 is 14.3 Å². The maximum atomic E-state index is 13.9. The first-order chi connectivity index (χ1) is 17.0. The monoisotopic (exact) mass is 512 g/mol. The van der Waals surface area contributed by atoms with E-state index in [1.54, 1.807) is 22.1 Å². The van der Waals surface area contributed by atoms with Gasteiger partial charge < -0.3 is 9.47 Å². The fraction of sp³-hybridized carbons (Fsp3) is 0.346. The van der Waals surface area contributed by atoms with Crippen LogP contribution < -0.4 is 9.80 Å². The van der Waals surface area contributed by atoms with Crippen molar-refractivity contribution in [1.29, 1.82) is 0 Å². The summed E-state index contributed by atoms with van der Waals surface area (Å²) < 4.78 is 11.9. The van der Waals surface area contributed by atoms with Gasteiger partial charge in [0, 0.05) is 30.7 Å². The number of carbonyl (C=O) groups is 1. The molecule has 1 aliphatic rings. The second kappa shape index (κ2) is 11.9. The Morgan fingerprint density at radius 2 is 1.77 bits per heavy atom. The van der Waals surface area contributed by atoms with E-state index in [4.69, 9.17) is 26.1 Å². The second-order valence-electron chi connectivity index (χ2n) is 7.97. The number of urea groups is 1. The minimum absolute atomic E-state index is 0.270. The molecule has 0 saturated carbocycles. The van der Waals surface area contributed by atoms with Gasteiger partial charge in [-0.2, -0.15) is 0 Å². The molecular weight excluding hydrogens is 484 g/mol. The predicted octanol–water partition coefficient (Wildman–Crippen LogP) is 6.16. The fourth-order valence-corrected chi connectivity index (χ4v) is 4.98. The number of ether oxygens (including phenoxy) is 2. The molecule has 4 rings (SSSR count). The van der Waals surface area contributed by atoms with Gasteiger partial charge in [0.15, 0.2) is 11.4 Å². The Labute approximate surface area is 215 Å². The van der Waals surface area contributed by atoms with Crippen molar-refractivity contribution in [3.05, 3.63) is 76.9 Å². The maximum absolute atomic E-state index is 13.9. The molecule has 2 heterocycles. The van der Waals surface area contributed by atoms with Gasteiger partial charge in [-0.25, -0.2) is 19.7 Å². The molecule has 3 aromatic rings. The number of rotatable bonds is 10. The van der Waals surface area contributed by atoms with E-state index in [2.05, 4.69) is 17.1 Å². The second-order valence-corrected chi connectivity index (χ2v) is 9.32. The van der Waals surface area contributed by atoms with Crippen molar-refractivity contribution in [3.63, 3.8) is 0 Å². The first-order valence-corrected chi connectivity index (χ1v) is 13.0. The van der Waals surface area contributed by atoms with Gasteiger partial charge >= 0.3 is 6.03 Å². The smallest absolute Gasteiger partial charge is 0.332 e. The molecule has 2 unspecified atom stereocenters. The number of anilines is 2. The third-order valence-corrected chi connectivity index (χ3v) is 6.84. The number of amides is 2. The summed E-state index contributed by atoms with van der Waals surface area (Å²) in [5.74, 6) is 1.26. The molecule has 1 aromatic heterocycles. The average molecular weight is 513 g/mol. The molecule has 0 radical (unpaired) electrons. The Morgan fingerprint density at radius 3 is 2.49 bits per heavy atom. The van der Waals surface area contributed by atoms with Crippen LogP contribution in [0.3, 0.4) is 0 Å². The number of halogens is 1. The van der Waals surface area contributed by atoms with Crippen molar-refractivity contribution in [3.8, 4) is 0 Å². The number of aromatic nitrogens is 2. The third-order valence-electron chi connectivity index (χ3n) is 5.59. The van der Waals surface area contributed by atoms with Crippen LogP contribution in [-0.4, -0.2) is 41.5 Å². The standard InChI is InChI=1S/C26H29ClN4O3S/c1-4-33-18(3)24(34-5-2)31-23-20(16-30(26(31)32)22-14-10-9-13-21(22)27)15-28-25(29-23)35-17-19-11-7-6-8-12-19/h6-15,18,24H,4-5,16-17H2,1-3H3. The van der Waals surface area contributed by atoms with Crippen LogP contribution in [-0.2, 0) is 21.8 Å². The van der Waals surface area contributed by atoms with E-state index < -0.39 is 6.23 Å². The van der Waals surface area contributed by atoms with Crippen LogP contribution >= 0.6 is 23.4 Å². The van der Waals surface area contributed by atoms with Gasteiger partial charge in [-0.1, -0.05) is 65.8 Å². The molecule has 2 atom stereocenters. The molecule has 2 amide bonds. The lowest BCUT2D eigenvalue weighted by molar-refractivity contribution is -0.0554. The van der Waals surface area contributed by atoms with Crippen LogP contribution in [0.5, 0.6) is 0 Å². The van der Waals surface area contributed by atoms with Gasteiger partial charge in [0.25, 0.3) is 0 Å². The topological polar surface area (TPSA) is 67.8 Å². The van der Waals surface area contributed by atoms with Crippen LogP contribution in [0.25, 0.3) is 0 Å². The summed E-state index contributed by atoms with van der Waals surface area (Å²) in [6.45, 7) is 6.93. The van der Waals surface area contributed by atoms with Crippen molar-refractivity contribution >= 4 is 40.9 Å². The average Bonchev–Trinajstić information content (AvgIpc) is 2.87. The number of fused-ring (bicyclic) bond motifs is 1. The number of nitrogens with zero attached hydrogens (tertiary/aromatic N) is 4. The molecule has 0 bridgehead atoms. The number of benzene rings is 2. The van der Waals surface area contributed by atoms with Crippen molar-refractivity contribution in [2.45, 2.75) is 50.6 Å². The summed E-state index contributed by atoms with van der Waals surface area (Å²) in [7, 11) is 0. The summed E-state index contributed by atoms with van der Waals surface area (Å²) in [5, 5.41) is 1.09. The highest BCUT2D eigenvalue weighted by atomic mass is 35.5. The first-order valence-electron chi connectivity index (χ1n) is 11.6. The van der Waals surface area contributed by atoms with Crippen LogP contribution in [0, 0.1) is 0 Å². The SMILES string of the molecule is CCOC(C)C(OCC)N1C(=O)N(c2ccccc2Cl)Cc2cnc(SCc3ccccc3)nc21. The number of thioether (sulfide) groups is 1. The Balaban J connectivity index is 1.73. The van der Waals surface area contributed by atoms with E-state index in [-0.39, 0.29) is 12.1 Å². The number of carbonyl (C=O) groups excluding carboxylic acids is 1. The fourth-order valence-electron chi connectivity index (χ4n) is 3.98. The minimum atomic E-state index is -0.668. The van der Waals surface area contributed by atoms with Crippen LogP contribution in [0.15, 0.2) is 66.0 Å². The Kier molecular flexibility index (Phi) is 8.62. The molecular formula is C26H29ClN4O3S. The van der Waals surface area contributed by atoms with E-state index in [0.29, 0.717) is 41.4 Å². The lowest BCUT2D eigenvalue weighted by atomic mass is 10.1. The number of hydrogen-bond donors (Lipinski definition) is 0. The molecule has 2 aromatic carbocycles. The van der Waals surface area contributed by atoms with Gasteiger partial charge in [-0.3, -0.25) is 4.90 Å². The highest BCUT2D eigenvalue weighted by molar-refractivity contribution is 7.98. The molecule has 0 fully saturated rings. The molecule has 9 heteroatoms.